The molecule has 0 atom stereocenters. The van der Waals surface area contributed by atoms with Gasteiger partial charge in [-0.3, -0.25) is 0 Å². The van der Waals surface area contributed by atoms with Crippen molar-refractivity contribution < 1.29 is 9.90 Å². The van der Waals surface area contributed by atoms with Gasteiger partial charge in [0.25, 0.3) is 0 Å². The fraction of sp³-hybridized carbons (Fsp3) is 0.312. The van der Waals surface area contributed by atoms with Crippen molar-refractivity contribution >= 4 is 5.97 Å². The molecule has 104 valence electrons. The first-order chi connectivity index (χ1) is 9.61. The third kappa shape index (κ3) is 3.20. The Kier molecular flexibility index (Phi) is 4.45. The second kappa shape index (κ2) is 6.28. The van der Waals surface area contributed by atoms with Crippen LogP contribution in [0, 0.1) is 6.92 Å². The Labute approximate surface area is 118 Å². The summed E-state index contributed by atoms with van der Waals surface area (Å²) in [6.07, 6.45) is 6.97. The average molecular weight is 270 g/mol. The normalized spacial score (nSPS) is 10.5. The van der Waals surface area contributed by atoms with Crippen LogP contribution in [0.1, 0.15) is 41.3 Å². The molecule has 0 amide bonds. The zero-order chi connectivity index (χ0) is 14.5. The SMILES string of the molecule is CCCCc1cnc(-c2ccc(C(=O)O)c(C)c2)nc1. The van der Waals surface area contributed by atoms with Crippen LogP contribution in [0.5, 0.6) is 0 Å². The topological polar surface area (TPSA) is 63.1 Å². The number of carbonyl (C=O) groups is 1. The van der Waals surface area contributed by atoms with E-state index in [2.05, 4.69) is 16.9 Å². The number of nitrogens with zero attached hydrogens (tertiary/aromatic N) is 2. The van der Waals surface area contributed by atoms with Gasteiger partial charge in [0.15, 0.2) is 5.82 Å². The van der Waals surface area contributed by atoms with E-state index in [1.165, 1.54) is 0 Å². The first kappa shape index (κ1) is 14.2. The largest absolute Gasteiger partial charge is 0.478 e. The second-order valence-corrected chi connectivity index (χ2v) is 4.85. The molecule has 0 aliphatic heterocycles. The Morgan fingerprint density at radius 1 is 1.25 bits per heavy atom. The molecule has 0 bridgehead atoms. The number of aryl methyl sites for hydroxylation is 2. The minimum absolute atomic E-state index is 0.313. The van der Waals surface area contributed by atoms with Gasteiger partial charge in [-0.25, -0.2) is 14.8 Å². The summed E-state index contributed by atoms with van der Waals surface area (Å²) < 4.78 is 0. The van der Waals surface area contributed by atoms with Gasteiger partial charge in [0.05, 0.1) is 5.56 Å². The number of rotatable bonds is 5. The molecule has 1 aromatic heterocycles. The zero-order valence-electron chi connectivity index (χ0n) is 11.8. The highest BCUT2D eigenvalue weighted by Crippen LogP contribution is 2.19. The first-order valence-electron chi connectivity index (χ1n) is 6.77. The van der Waals surface area contributed by atoms with Gasteiger partial charge < -0.3 is 5.11 Å². The van der Waals surface area contributed by atoms with E-state index >= 15 is 0 Å². The van der Waals surface area contributed by atoms with Crippen LogP contribution >= 0.6 is 0 Å². The Morgan fingerprint density at radius 2 is 1.95 bits per heavy atom. The molecule has 2 rings (SSSR count). The van der Waals surface area contributed by atoms with Gasteiger partial charge in [0.1, 0.15) is 0 Å². The third-order valence-corrected chi connectivity index (χ3v) is 3.24. The Morgan fingerprint density at radius 3 is 2.50 bits per heavy atom. The quantitative estimate of drug-likeness (QED) is 0.903. The Balaban J connectivity index is 2.23. The van der Waals surface area contributed by atoms with E-state index in [-0.39, 0.29) is 0 Å². The second-order valence-electron chi connectivity index (χ2n) is 4.85. The molecule has 0 aliphatic carbocycles. The third-order valence-electron chi connectivity index (χ3n) is 3.24. The lowest BCUT2D eigenvalue weighted by molar-refractivity contribution is 0.0696. The predicted octanol–water partition coefficient (Wildman–Crippen LogP) is 3.49. The van der Waals surface area contributed by atoms with Crippen LogP contribution in [0.3, 0.4) is 0 Å². The van der Waals surface area contributed by atoms with E-state index in [0.717, 1.165) is 30.4 Å². The molecule has 20 heavy (non-hydrogen) atoms. The van der Waals surface area contributed by atoms with Crippen LogP contribution in [0.4, 0.5) is 0 Å². The van der Waals surface area contributed by atoms with Crippen molar-refractivity contribution in [2.24, 2.45) is 0 Å². The summed E-state index contributed by atoms with van der Waals surface area (Å²) in [7, 11) is 0. The summed E-state index contributed by atoms with van der Waals surface area (Å²) >= 11 is 0. The van der Waals surface area contributed by atoms with E-state index in [1.54, 1.807) is 19.1 Å². The number of aromatic nitrogens is 2. The molecule has 1 N–H and O–H groups in total. The molecule has 0 spiro atoms. The summed E-state index contributed by atoms with van der Waals surface area (Å²) in [5.74, 6) is -0.282. The summed E-state index contributed by atoms with van der Waals surface area (Å²) in [4.78, 5) is 19.7. The highest BCUT2D eigenvalue weighted by Gasteiger charge is 2.09. The molecular formula is C16H18N2O2. The van der Waals surface area contributed by atoms with Gasteiger partial charge in [-0.2, -0.15) is 0 Å². The Hall–Kier alpha value is -2.23. The lowest BCUT2D eigenvalue weighted by Gasteiger charge is -2.05. The molecule has 0 saturated carbocycles. The van der Waals surface area contributed by atoms with Gasteiger partial charge in [-0.05, 0) is 43.0 Å². The average Bonchev–Trinajstić information content (AvgIpc) is 2.45. The number of aromatic carboxylic acids is 1. The number of benzene rings is 1. The molecule has 0 radical (unpaired) electrons. The number of carboxylic acids is 1. The van der Waals surface area contributed by atoms with Crippen LogP contribution in [0.25, 0.3) is 11.4 Å². The molecule has 0 fully saturated rings. The predicted molar refractivity (Wildman–Crippen MR) is 77.8 cm³/mol. The molecule has 2 aromatic rings. The van der Waals surface area contributed by atoms with Crippen LogP contribution in [-0.2, 0) is 6.42 Å². The number of carboxylic acid groups (broad SMARTS) is 1. The van der Waals surface area contributed by atoms with E-state index in [1.807, 2.05) is 18.5 Å². The summed E-state index contributed by atoms with van der Waals surface area (Å²) in [5, 5.41) is 9.01. The maximum absolute atomic E-state index is 11.0. The highest BCUT2D eigenvalue weighted by atomic mass is 16.4. The summed E-state index contributed by atoms with van der Waals surface area (Å²) in [6.45, 7) is 3.94. The number of hydrogen-bond acceptors (Lipinski definition) is 3. The van der Waals surface area contributed by atoms with Crippen LogP contribution in [0.2, 0.25) is 0 Å². The maximum Gasteiger partial charge on any atom is 0.335 e. The summed E-state index contributed by atoms with van der Waals surface area (Å²) in [5.41, 5.74) is 3.01. The minimum Gasteiger partial charge on any atom is -0.478 e. The van der Waals surface area contributed by atoms with Crippen LogP contribution in [0.15, 0.2) is 30.6 Å². The van der Waals surface area contributed by atoms with Crippen molar-refractivity contribution in [1.82, 2.24) is 9.97 Å². The molecule has 4 heteroatoms. The van der Waals surface area contributed by atoms with Gasteiger partial charge >= 0.3 is 5.97 Å². The monoisotopic (exact) mass is 270 g/mol. The lowest BCUT2D eigenvalue weighted by atomic mass is 10.0. The number of unbranched alkanes of at least 4 members (excludes halogenated alkanes) is 1. The number of hydrogen-bond donors (Lipinski definition) is 1. The fourth-order valence-corrected chi connectivity index (χ4v) is 2.06. The zero-order valence-corrected chi connectivity index (χ0v) is 11.8. The summed E-state index contributed by atoms with van der Waals surface area (Å²) in [6, 6.07) is 5.16. The van der Waals surface area contributed by atoms with E-state index < -0.39 is 5.97 Å². The van der Waals surface area contributed by atoms with Crippen molar-refractivity contribution in [3.63, 3.8) is 0 Å². The van der Waals surface area contributed by atoms with E-state index in [4.69, 9.17) is 5.11 Å². The maximum atomic E-state index is 11.0. The first-order valence-corrected chi connectivity index (χ1v) is 6.77. The van der Waals surface area contributed by atoms with Crippen molar-refractivity contribution in [2.75, 3.05) is 0 Å². The molecule has 4 nitrogen and oxygen atoms in total. The molecule has 1 heterocycles. The van der Waals surface area contributed by atoms with Gasteiger partial charge in [-0.1, -0.05) is 19.4 Å². The van der Waals surface area contributed by atoms with E-state index in [0.29, 0.717) is 17.0 Å². The lowest BCUT2D eigenvalue weighted by Crippen LogP contribution is -2.00. The van der Waals surface area contributed by atoms with Gasteiger partial charge in [0.2, 0.25) is 0 Å². The fourth-order valence-electron chi connectivity index (χ4n) is 2.06. The van der Waals surface area contributed by atoms with Gasteiger partial charge in [0, 0.05) is 18.0 Å². The van der Waals surface area contributed by atoms with Crippen molar-refractivity contribution in [1.29, 1.82) is 0 Å². The van der Waals surface area contributed by atoms with Gasteiger partial charge in [-0.15, -0.1) is 0 Å². The smallest absolute Gasteiger partial charge is 0.335 e. The van der Waals surface area contributed by atoms with Crippen molar-refractivity contribution in [3.05, 3.63) is 47.3 Å². The molecule has 0 unspecified atom stereocenters. The molecule has 1 aromatic carbocycles. The van der Waals surface area contributed by atoms with E-state index in [9.17, 15) is 4.79 Å². The standard InChI is InChI=1S/C16H18N2O2/c1-3-4-5-12-9-17-15(18-10-12)13-6-7-14(16(19)20)11(2)8-13/h6-10H,3-5H2,1-2H3,(H,19,20). The van der Waals surface area contributed by atoms with Crippen molar-refractivity contribution in [3.8, 4) is 11.4 Å². The van der Waals surface area contributed by atoms with Crippen molar-refractivity contribution in [2.45, 2.75) is 33.1 Å². The minimum atomic E-state index is -0.912. The van der Waals surface area contributed by atoms with Crippen LogP contribution in [-0.4, -0.2) is 21.0 Å². The Bertz CT molecular complexity index is 606. The molecule has 0 saturated heterocycles. The molecular weight excluding hydrogens is 252 g/mol. The van der Waals surface area contributed by atoms with Crippen LogP contribution < -0.4 is 0 Å². The molecule has 0 aliphatic rings. The highest BCUT2D eigenvalue weighted by molar-refractivity contribution is 5.90.